The molecule has 3 heterocycles. The van der Waals surface area contributed by atoms with Gasteiger partial charge in [-0.25, -0.2) is 9.29 Å². The smallest absolute Gasteiger partial charge is 0.304 e. The zero-order valence-corrected chi connectivity index (χ0v) is 20.2. The monoisotopic (exact) mass is 514 g/mol. The Morgan fingerprint density at radius 1 is 1.30 bits per heavy atom. The maximum absolute atomic E-state index is 13.5. The van der Waals surface area contributed by atoms with E-state index in [0.29, 0.717) is 13.1 Å². The van der Waals surface area contributed by atoms with Gasteiger partial charge >= 0.3 is 10.2 Å². The third kappa shape index (κ3) is 4.90. The van der Waals surface area contributed by atoms with Crippen LogP contribution in [0, 0.1) is 5.92 Å². The van der Waals surface area contributed by atoms with Gasteiger partial charge in [0, 0.05) is 13.1 Å². The van der Waals surface area contributed by atoms with Crippen molar-refractivity contribution in [3.05, 3.63) is 46.1 Å². The van der Waals surface area contributed by atoms with Crippen LogP contribution in [0.5, 0.6) is 5.88 Å². The highest BCUT2D eigenvalue weighted by atomic mass is 35.5. The van der Waals surface area contributed by atoms with Crippen LogP contribution >= 0.6 is 23.2 Å². The van der Waals surface area contributed by atoms with Gasteiger partial charge in [0.25, 0.3) is 5.91 Å². The highest BCUT2D eigenvalue weighted by molar-refractivity contribution is 7.90. The molecular weight excluding hydrogens is 491 g/mol. The molecule has 1 saturated heterocycles. The van der Waals surface area contributed by atoms with Crippen LogP contribution in [0.3, 0.4) is 0 Å². The van der Waals surface area contributed by atoms with Crippen molar-refractivity contribution in [2.75, 3.05) is 35.9 Å². The van der Waals surface area contributed by atoms with Crippen LogP contribution in [0.2, 0.25) is 10.0 Å². The second-order valence-electron chi connectivity index (χ2n) is 8.17. The number of nitrogens with zero attached hydrogens (tertiary/aromatic N) is 3. The van der Waals surface area contributed by atoms with Crippen molar-refractivity contribution in [1.82, 2.24) is 9.29 Å². The molecule has 4 rings (SSSR count). The molecule has 178 valence electrons. The van der Waals surface area contributed by atoms with E-state index < -0.39 is 22.2 Å². The van der Waals surface area contributed by atoms with Gasteiger partial charge in [-0.2, -0.15) is 12.7 Å². The predicted molar refractivity (Wildman–Crippen MR) is 126 cm³/mol. The molecular formula is C21H24Cl2N4O5S. The molecule has 0 aliphatic carbocycles. The van der Waals surface area contributed by atoms with Crippen LogP contribution in [-0.2, 0) is 10.2 Å². The van der Waals surface area contributed by atoms with Crippen molar-refractivity contribution in [2.24, 2.45) is 5.92 Å². The van der Waals surface area contributed by atoms with Crippen molar-refractivity contribution in [1.29, 1.82) is 0 Å². The fraction of sp³-hybridized carbons (Fsp3) is 0.429. The molecule has 2 N–H and O–H groups in total. The first-order chi connectivity index (χ1) is 15.7. The van der Waals surface area contributed by atoms with Gasteiger partial charge in [0.2, 0.25) is 5.88 Å². The zero-order chi connectivity index (χ0) is 23.8. The number of carbonyl (C=O) groups is 1. The van der Waals surface area contributed by atoms with E-state index in [1.165, 1.54) is 20.9 Å². The van der Waals surface area contributed by atoms with E-state index in [4.69, 9.17) is 27.9 Å². The number of piperidine rings is 1. The molecule has 9 nitrogen and oxygen atoms in total. The number of rotatable bonds is 5. The molecule has 0 saturated carbocycles. The summed E-state index contributed by atoms with van der Waals surface area (Å²) >= 11 is 12.2. The van der Waals surface area contributed by atoms with Crippen molar-refractivity contribution < 1.29 is 23.1 Å². The Hall–Kier alpha value is -2.11. The minimum absolute atomic E-state index is 0.0581. The summed E-state index contributed by atoms with van der Waals surface area (Å²) in [7, 11) is -3.90. The number of aromatic nitrogens is 1. The number of benzene rings is 1. The van der Waals surface area contributed by atoms with E-state index in [1.54, 1.807) is 18.2 Å². The Balaban J connectivity index is 1.67. The van der Waals surface area contributed by atoms with Gasteiger partial charge in [-0.15, -0.1) is 0 Å². The van der Waals surface area contributed by atoms with Crippen LogP contribution in [0.25, 0.3) is 0 Å². The zero-order valence-electron chi connectivity index (χ0n) is 17.9. The van der Waals surface area contributed by atoms with Gasteiger partial charge in [-0.05, 0) is 37.0 Å². The lowest BCUT2D eigenvalue weighted by Crippen LogP contribution is -2.53. The first-order valence-corrected chi connectivity index (χ1v) is 12.7. The summed E-state index contributed by atoms with van der Waals surface area (Å²) in [6.07, 6.45) is 2.32. The first-order valence-electron chi connectivity index (χ1n) is 10.5. The summed E-state index contributed by atoms with van der Waals surface area (Å²) in [5, 5.41) is 12.7. The van der Waals surface area contributed by atoms with Crippen LogP contribution in [-0.4, -0.2) is 61.1 Å². The number of aliphatic hydroxyl groups is 1. The van der Waals surface area contributed by atoms with E-state index in [-0.39, 0.29) is 51.9 Å². The number of aliphatic hydroxyl groups excluding tert-OH is 1. The lowest BCUT2D eigenvalue weighted by Gasteiger charge is -2.39. The summed E-state index contributed by atoms with van der Waals surface area (Å²) in [5.74, 6) is -0.258. The highest BCUT2D eigenvalue weighted by Crippen LogP contribution is 2.37. The molecule has 0 unspecified atom stereocenters. The minimum atomic E-state index is -3.90. The number of anilines is 2. The largest absolute Gasteiger partial charge is 0.468 e. The molecule has 33 heavy (non-hydrogen) atoms. The van der Waals surface area contributed by atoms with E-state index in [9.17, 15) is 18.3 Å². The van der Waals surface area contributed by atoms with Gasteiger partial charge in [-0.1, -0.05) is 36.2 Å². The van der Waals surface area contributed by atoms with E-state index in [0.717, 1.165) is 12.8 Å². The molecule has 0 radical (unpaired) electrons. The summed E-state index contributed by atoms with van der Waals surface area (Å²) in [6, 6.07) is 6.19. The number of halogens is 2. The Morgan fingerprint density at radius 2 is 2.03 bits per heavy atom. The average molecular weight is 515 g/mol. The Morgan fingerprint density at radius 3 is 2.70 bits per heavy atom. The molecule has 1 aromatic heterocycles. The number of hydrogen-bond donors (Lipinski definition) is 2. The van der Waals surface area contributed by atoms with Crippen LogP contribution in [0.15, 0.2) is 30.5 Å². The molecule has 2 atom stereocenters. The number of amides is 1. The maximum Gasteiger partial charge on any atom is 0.304 e. The topological polar surface area (TPSA) is 112 Å². The number of fused-ring (bicyclic) bond motifs is 1. The Labute approximate surface area is 202 Å². The van der Waals surface area contributed by atoms with Crippen LogP contribution < -0.4 is 14.4 Å². The normalized spacial score (nSPS) is 21.3. The summed E-state index contributed by atoms with van der Waals surface area (Å²) in [4.78, 5) is 17.0. The number of hydrogen-bond acceptors (Lipinski definition) is 6. The number of pyridine rings is 1. The van der Waals surface area contributed by atoms with Gasteiger partial charge in [0.15, 0.2) is 0 Å². The van der Waals surface area contributed by atoms with Crippen molar-refractivity contribution in [3.8, 4) is 5.88 Å². The third-order valence-corrected chi connectivity index (χ3v) is 8.14. The van der Waals surface area contributed by atoms with Crippen molar-refractivity contribution in [3.63, 3.8) is 0 Å². The molecule has 2 aliphatic heterocycles. The average Bonchev–Trinajstić information content (AvgIpc) is 2.78. The van der Waals surface area contributed by atoms with Gasteiger partial charge in [0.1, 0.15) is 11.8 Å². The molecule has 0 spiro atoms. The lowest BCUT2D eigenvalue weighted by atomic mass is 10.0. The third-order valence-electron chi connectivity index (χ3n) is 5.62. The van der Waals surface area contributed by atoms with E-state index in [1.807, 2.05) is 6.92 Å². The standard InChI is InChI=1S/C21H24Cl2N4O5S/c1-13-4-3-7-26(10-13)33(30,31)27-11-15(12-28)32-21-18(27)8-14(9-24-21)25-20(29)19-16(22)5-2-6-17(19)23/h2,5-6,8-9,13,15,28H,3-4,7,10-12H2,1H3,(H,25,29)/t13-,15+/m0/s1. The SMILES string of the molecule is C[C@H]1CCCN(S(=O)(=O)N2C[C@H](CO)Oc3ncc(NC(=O)c4c(Cl)cccc4Cl)cc32)C1. The van der Waals surface area contributed by atoms with E-state index >= 15 is 0 Å². The van der Waals surface area contributed by atoms with Crippen molar-refractivity contribution >= 4 is 50.7 Å². The Bertz CT molecular complexity index is 1140. The second kappa shape index (κ2) is 9.63. The number of ether oxygens (including phenoxy) is 1. The summed E-state index contributed by atoms with van der Waals surface area (Å²) in [6.45, 7) is 2.39. The highest BCUT2D eigenvalue weighted by Gasteiger charge is 2.39. The van der Waals surface area contributed by atoms with Gasteiger partial charge < -0.3 is 15.2 Å². The van der Waals surface area contributed by atoms with Crippen LogP contribution in [0.1, 0.15) is 30.1 Å². The lowest BCUT2D eigenvalue weighted by molar-refractivity contribution is 0.102. The molecule has 1 fully saturated rings. The molecule has 1 aromatic carbocycles. The number of nitrogens with one attached hydrogen (secondary N) is 1. The van der Waals surface area contributed by atoms with Crippen LogP contribution in [0.4, 0.5) is 11.4 Å². The molecule has 0 bridgehead atoms. The minimum Gasteiger partial charge on any atom is -0.468 e. The fourth-order valence-electron chi connectivity index (χ4n) is 3.97. The summed E-state index contributed by atoms with van der Waals surface area (Å²) < 4.78 is 35.3. The number of carbonyl (C=O) groups excluding carboxylic acids is 1. The molecule has 2 aromatic rings. The molecule has 2 aliphatic rings. The maximum atomic E-state index is 13.5. The first kappa shape index (κ1) is 24.0. The quantitative estimate of drug-likeness (QED) is 0.633. The van der Waals surface area contributed by atoms with Gasteiger partial charge in [0.05, 0.1) is 40.6 Å². The molecule has 1 amide bonds. The van der Waals surface area contributed by atoms with E-state index in [2.05, 4.69) is 10.3 Å². The van der Waals surface area contributed by atoms with Gasteiger partial charge in [-0.3, -0.25) is 4.79 Å². The Kier molecular flexibility index (Phi) is 7.01. The summed E-state index contributed by atoms with van der Waals surface area (Å²) in [5.41, 5.74) is 0.524. The molecule has 12 heteroatoms. The second-order valence-corrected chi connectivity index (χ2v) is 10.8. The fourth-order valence-corrected chi connectivity index (χ4v) is 6.36. The predicted octanol–water partition coefficient (Wildman–Crippen LogP) is 3.18. The van der Waals surface area contributed by atoms with Crippen molar-refractivity contribution in [2.45, 2.75) is 25.9 Å².